The summed E-state index contributed by atoms with van der Waals surface area (Å²) in [4.78, 5) is 23.0. The summed E-state index contributed by atoms with van der Waals surface area (Å²) < 4.78 is 36.2. The second kappa shape index (κ2) is 5.69. The molecule has 0 aromatic rings. The van der Waals surface area contributed by atoms with E-state index in [-0.39, 0.29) is 18.0 Å². The van der Waals surface area contributed by atoms with Crippen LogP contribution in [-0.4, -0.2) is 66.7 Å². The zero-order chi connectivity index (χ0) is 12.9. The largest absolute Gasteiger partial charge is 0.480 e. The molecule has 16 heavy (non-hydrogen) atoms. The fourth-order valence-corrected chi connectivity index (χ4v) is 0.916. The maximum absolute atomic E-state index is 12.1. The number of carbonyl (C=O) groups is 2. The summed E-state index contributed by atoms with van der Waals surface area (Å²) in [5.74, 6) is -3.60. The Balaban J connectivity index is 4.54. The van der Waals surface area contributed by atoms with Crippen molar-refractivity contribution in [3.05, 3.63) is 0 Å². The molecule has 0 aromatic heterocycles. The third kappa shape index (κ3) is 5.54. The van der Waals surface area contributed by atoms with Gasteiger partial charge in [-0.3, -0.25) is 9.59 Å². The molecule has 0 spiro atoms. The highest BCUT2D eigenvalue weighted by molar-refractivity contribution is 5.85. The lowest BCUT2D eigenvalue weighted by Gasteiger charge is -2.23. The van der Waals surface area contributed by atoms with E-state index in [1.54, 1.807) is 19.0 Å². The lowest BCUT2D eigenvalue weighted by molar-refractivity contribution is -0.186. The fraction of sp³-hybridized carbons (Fsp3) is 0.750. The Morgan fingerprint density at radius 3 is 2.00 bits per heavy atom. The van der Waals surface area contributed by atoms with Gasteiger partial charge >= 0.3 is 18.1 Å². The lowest BCUT2D eigenvalue weighted by Crippen LogP contribution is -2.46. The number of rotatable bonds is 5. The molecular formula is C8H13F3N2O3. The average Bonchev–Trinajstić information content (AvgIpc) is 2.08. The number of amides is 1. The number of carboxylic acids is 1. The molecule has 0 fully saturated rings. The predicted octanol–water partition coefficient (Wildman–Crippen LogP) is 0.0235. The molecular weight excluding hydrogens is 229 g/mol. The second-order valence-electron chi connectivity index (χ2n) is 3.42. The van der Waals surface area contributed by atoms with Crippen molar-refractivity contribution in [2.45, 2.75) is 6.18 Å². The highest BCUT2D eigenvalue weighted by Gasteiger charge is 2.42. The lowest BCUT2D eigenvalue weighted by atomic mass is 10.4. The maximum Gasteiger partial charge on any atom is 0.471 e. The van der Waals surface area contributed by atoms with E-state index in [9.17, 15) is 22.8 Å². The van der Waals surface area contributed by atoms with Crippen LogP contribution in [0.5, 0.6) is 0 Å². The zero-order valence-electron chi connectivity index (χ0n) is 8.91. The van der Waals surface area contributed by atoms with Gasteiger partial charge in [-0.1, -0.05) is 0 Å². The monoisotopic (exact) mass is 242 g/mol. The van der Waals surface area contributed by atoms with E-state index in [1.807, 2.05) is 0 Å². The third-order valence-electron chi connectivity index (χ3n) is 1.67. The van der Waals surface area contributed by atoms with E-state index in [0.717, 1.165) is 0 Å². The van der Waals surface area contributed by atoms with Gasteiger partial charge in [0.15, 0.2) is 0 Å². The van der Waals surface area contributed by atoms with Gasteiger partial charge < -0.3 is 14.9 Å². The molecule has 1 N–H and O–H groups in total. The molecule has 0 saturated carbocycles. The summed E-state index contributed by atoms with van der Waals surface area (Å²) >= 11 is 0. The van der Waals surface area contributed by atoms with E-state index in [1.165, 1.54) is 0 Å². The quantitative estimate of drug-likeness (QED) is 0.738. The number of alkyl halides is 3. The second-order valence-corrected chi connectivity index (χ2v) is 3.42. The van der Waals surface area contributed by atoms with E-state index in [0.29, 0.717) is 0 Å². The number of hydrogen-bond donors (Lipinski definition) is 1. The summed E-state index contributed by atoms with van der Waals surface area (Å²) in [7, 11) is 3.22. The first kappa shape index (κ1) is 14.7. The van der Waals surface area contributed by atoms with Crippen LogP contribution in [0, 0.1) is 0 Å². The molecule has 0 unspecified atom stereocenters. The van der Waals surface area contributed by atoms with Crippen LogP contribution in [0.1, 0.15) is 0 Å². The molecule has 0 bridgehead atoms. The van der Waals surface area contributed by atoms with Crippen molar-refractivity contribution in [3.63, 3.8) is 0 Å². The molecule has 0 aliphatic heterocycles. The van der Waals surface area contributed by atoms with E-state index < -0.39 is 24.6 Å². The Labute approximate surface area is 90.4 Å². The van der Waals surface area contributed by atoms with Crippen LogP contribution in [0.15, 0.2) is 0 Å². The summed E-state index contributed by atoms with van der Waals surface area (Å²) in [6.45, 7) is -1.07. The normalized spacial score (nSPS) is 11.6. The van der Waals surface area contributed by atoms with Crippen LogP contribution >= 0.6 is 0 Å². The van der Waals surface area contributed by atoms with Crippen molar-refractivity contribution < 1.29 is 27.9 Å². The van der Waals surface area contributed by atoms with E-state index >= 15 is 0 Å². The molecule has 94 valence electrons. The molecule has 0 aliphatic carbocycles. The highest BCUT2D eigenvalue weighted by atomic mass is 19.4. The number of halogens is 3. The topological polar surface area (TPSA) is 60.9 Å². The first-order valence-corrected chi connectivity index (χ1v) is 4.37. The Hall–Kier alpha value is -1.31. The van der Waals surface area contributed by atoms with Gasteiger partial charge in [-0.05, 0) is 14.1 Å². The molecule has 0 aliphatic rings. The standard InChI is InChI=1S/C8H13F3N2O3/c1-12(2)3-4-13(5-6(14)15)7(16)8(9,10)11/h3-5H2,1-2H3,(H,14,15). The van der Waals surface area contributed by atoms with Crippen LogP contribution < -0.4 is 0 Å². The van der Waals surface area contributed by atoms with Gasteiger partial charge in [0.1, 0.15) is 6.54 Å². The molecule has 0 radical (unpaired) electrons. The molecule has 0 heterocycles. The third-order valence-corrected chi connectivity index (χ3v) is 1.67. The van der Waals surface area contributed by atoms with Crippen molar-refractivity contribution in [2.75, 3.05) is 33.7 Å². The Kier molecular flexibility index (Phi) is 5.22. The van der Waals surface area contributed by atoms with Crippen LogP contribution in [-0.2, 0) is 9.59 Å². The van der Waals surface area contributed by atoms with Crippen molar-refractivity contribution in [2.24, 2.45) is 0 Å². The molecule has 1 amide bonds. The summed E-state index contributed by atoms with van der Waals surface area (Å²) in [6.07, 6.45) is -5.04. The maximum atomic E-state index is 12.1. The average molecular weight is 242 g/mol. The van der Waals surface area contributed by atoms with Crippen molar-refractivity contribution in [3.8, 4) is 0 Å². The smallest absolute Gasteiger partial charge is 0.471 e. The van der Waals surface area contributed by atoms with Gasteiger partial charge in [0, 0.05) is 13.1 Å². The van der Waals surface area contributed by atoms with Crippen LogP contribution in [0.3, 0.4) is 0 Å². The van der Waals surface area contributed by atoms with Crippen LogP contribution in [0.25, 0.3) is 0 Å². The minimum Gasteiger partial charge on any atom is -0.480 e. The fourth-order valence-electron chi connectivity index (χ4n) is 0.916. The van der Waals surface area contributed by atoms with Gasteiger partial charge in [-0.2, -0.15) is 13.2 Å². The highest BCUT2D eigenvalue weighted by Crippen LogP contribution is 2.18. The minimum absolute atomic E-state index is 0.162. The van der Waals surface area contributed by atoms with E-state index in [2.05, 4.69) is 0 Å². The van der Waals surface area contributed by atoms with Gasteiger partial charge in [0.25, 0.3) is 0 Å². The number of hydrogen-bond acceptors (Lipinski definition) is 3. The number of nitrogens with zero attached hydrogens (tertiary/aromatic N) is 2. The van der Waals surface area contributed by atoms with Gasteiger partial charge in [-0.25, -0.2) is 0 Å². The first-order chi connectivity index (χ1) is 7.14. The summed E-state index contributed by atoms with van der Waals surface area (Å²) in [5.41, 5.74) is 0. The van der Waals surface area contributed by atoms with Crippen LogP contribution in [0.4, 0.5) is 13.2 Å². The Morgan fingerprint density at radius 1 is 1.19 bits per heavy atom. The number of carboxylic acid groups (broad SMARTS) is 1. The Bertz CT molecular complexity index is 266. The molecule has 0 saturated heterocycles. The van der Waals surface area contributed by atoms with Crippen molar-refractivity contribution in [1.82, 2.24) is 9.80 Å². The van der Waals surface area contributed by atoms with Gasteiger partial charge in [-0.15, -0.1) is 0 Å². The summed E-state index contributed by atoms with van der Waals surface area (Å²) in [5, 5.41) is 8.39. The van der Waals surface area contributed by atoms with Crippen LogP contribution in [0.2, 0.25) is 0 Å². The van der Waals surface area contributed by atoms with Crippen molar-refractivity contribution >= 4 is 11.9 Å². The molecule has 0 rings (SSSR count). The molecule has 5 nitrogen and oxygen atoms in total. The SMILES string of the molecule is CN(C)CCN(CC(=O)O)C(=O)C(F)(F)F. The predicted molar refractivity (Wildman–Crippen MR) is 48.8 cm³/mol. The molecule has 0 aromatic carbocycles. The van der Waals surface area contributed by atoms with E-state index in [4.69, 9.17) is 5.11 Å². The number of aliphatic carboxylic acids is 1. The number of likely N-dealkylation sites (N-methyl/N-ethyl adjacent to an activating group) is 1. The first-order valence-electron chi connectivity index (χ1n) is 4.37. The minimum atomic E-state index is -5.04. The van der Waals surface area contributed by atoms with Crippen molar-refractivity contribution in [1.29, 1.82) is 0 Å². The Morgan fingerprint density at radius 2 is 1.69 bits per heavy atom. The molecule has 8 heteroatoms. The van der Waals surface area contributed by atoms with Gasteiger partial charge in [0.2, 0.25) is 0 Å². The number of carbonyl (C=O) groups excluding carboxylic acids is 1. The zero-order valence-corrected chi connectivity index (χ0v) is 8.91. The summed E-state index contributed by atoms with van der Waals surface area (Å²) in [6, 6.07) is 0. The molecule has 0 atom stereocenters. The van der Waals surface area contributed by atoms with Gasteiger partial charge in [0.05, 0.1) is 0 Å².